The van der Waals surface area contributed by atoms with E-state index < -0.39 is 23.8 Å². The minimum absolute atomic E-state index is 0.209. The standard InChI is InChI=1S/C21H18N4O3/c1-2-28-20(27)17-18(13-11-22-14-8-4-3-7-12(13)14)25-16-10-6-5-9-15(16)23-21(25)24-19(17)26/h3-11,17-18,22H,2H2,1H3,(H,23,24,26). The number of fused-ring (bicyclic) bond motifs is 4. The Hall–Kier alpha value is -3.61. The van der Waals surface area contributed by atoms with Gasteiger partial charge in [0.2, 0.25) is 11.9 Å². The molecular formula is C21H18N4O3. The molecule has 0 fully saturated rings. The summed E-state index contributed by atoms with van der Waals surface area (Å²) in [6.45, 7) is 1.94. The van der Waals surface area contributed by atoms with Crippen LogP contribution in [0.3, 0.4) is 0 Å². The van der Waals surface area contributed by atoms with E-state index in [0.717, 1.165) is 27.5 Å². The Morgan fingerprint density at radius 1 is 1.18 bits per heavy atom. The summed E-state index contributed by atoms with van der Waals surface area (Å²) in [4.78, 5) is 33.5. The number of para-hydroxylation sites is 3. The number of ether oxygens (including phenoxy) is 1. The van der Waals surface area contributed by atoms with E-state index in [2.05, 4.69) is 15.3 Å². The molecule has 2 aromatic heterocycles. The molecule has 1 amide bonds. The fraction of sp³-hybridized carbons (Fsp3) is 0.190. The lowest BCUT2D eigenvalue weighted by Crippen LogP contribution is -2.43. The predicted octanol–water partition coefficient (Wildman–Crippen LogP) is 3.24. The van der Waals surface area contributed by atoms with Gasteiger partial charge in [-0.15, -0.1) is 0 Å². The lowest BCUT2D eigenvalue weighted by Gasteiger charge is -2.31. The third-order valence-electron chi connectivity index (χ3n) is 5.19. The van der Waals surface area contributed by atoms with Crippen LogP contribution >= 0.6 is 0 Å². The number of carbonyl (C=O) groups excluding carboxylic acids is 2. The number of rotatable bonds is 3. The van der Waals surface area contributed by atoms with E-state index in [-0.39, 0.29) is 6.61 Å². The van der Waals surface area contributed by atoms with Gasteiger partial charge in [-0.1, -0.05) is 30.3 Å². The molecule has 0 radical (unpaired) electrons. The number of aromatic nitrogens is 3. The minimum Gasteiger partial charge on any atom is -0.465 e. The van der Waals surface area contributed by atoms with Crippen molar-refractivity contribution in [2.24, 2.45) is 5.92 Å². The Morgan fingerprint density at radius 3 is 2.82 bits per heavy atom. The molecule has 5 rings (SSSR count). The number of hydrogen-bond donors (Lipinski definition) is 2. The molecule has 0 spiro atoms. The van der Waals surface area contributed by atoms with Gasteiger partial charge >= 0.3 is 5.97 Å². The third-order valence-corrected chi connectivity index (χ3v) is 5.19. The van der Waals surface area contributed by atoms with Crippen molar-refractivity contribution < 1.29 is 14.3 Å². The molecule has 0 saturated carbocycles. The molecule has 7 nitrogen and oxygen atoms in total. The molecule has 28 heavy (non-hydrogen) atoms. The van der Waals surface area contributed by atoms with Gasteiger partial charge in [0.1, 0.15) is 0 Å². The van der Waals surface area contributed by atoms with E-state index >= 15 is 0 Å². The maximum Gasteiger partial charge on any atom is 0.321 e. The van der Waals surface area contributed by atoms with Crippen molar-refractivity contribution in [2.75, 3.05) is 11.9 Å². The first-order valence-corrected chi connectivity index (χ1v) is 9.19. The average Bonchev–Trinajstić information content (AvgIpc) is 3.28. The van der Waals surface area contributed by atoms with Crippen LogP contribution in [0.1, 0.15) is 18.5 Å². The second-order valence-electron chi connectivity index (χ2n) is 6.75. The lowest BCUT2D eigenvalue weighted by atomic mass is 9.90. The number of imidazole rings is 1. The van der Waals surface area contributed by atoms with E-state index in [0.29, 0.717) is 5.95 Å². The molecule has 4 aromatic rings. The number of nitrogens with zero attached hydrogens (tertiary/aromatic N) is 2. The topological polar surface area (TPSA) is 89.0 Å². The fourth-order valence-corrected chi connectivity index (χ4v) is 4.02. The van der Waals surface area contributed by atoms with Gasteiger partial charge < -0.3 is 14.3 Å². The monoisotopic (exact) mass is 374 g/mol. The van der Waals surface area contributed by atoms with Crippen molar-refractivity contribution in [3.05, 3.63) is 60.3 Å². The van der Waals surface area contributed by atoms with Crippen molar-refractivity contribution in [3.63, 3.8) is 0 Å². The molecule has 1 aliphatic rings. The highest BCUT2D eigenvalue weighted by Gasteiger charge is 2.44. The molecule has 1 aliphatic heterocycles. The van der Waals surface area contributed by atoms with Crippen molar-refractivity contribution in [1.82, 2.24) is 14.5 Å². The summed E-state index contributed by atoms with van der Waals surface area (Å²) in [6.07, 6.45) is 1.86. The molecule has 7 heteroatoms. The lowest BCUT2D eigenvalue weighted by molar-refractivity contribution is -0.152. The van der Waals surface area contributed by atoms with E-state index in [1.54, 1.807) is 6.92 Å². The summed E-state index contributed by atoms with van der Waals surface area (Å²) in [5, 5.41) is 3.74. The van der Waals surface area contributed by atoms with Crippen LogP contribution in [0.2, 0.25) is 0 Å². The minimum atomic E-state index is -1.01. The first kappa shape index (κ1) is 16.6. The zero-order chi connectivity index (χ0) is 19.3. The second-order valence-corrected chi connectivity index (χ2v) is 6.75. The Morgan fingerprint density at radius 2 is 1.96 bits per heavy atom. The SMILES string of the molecule is CCOC(=O)C1C(=O)Nc2nc3ccccc3n2C1c1c[nH]c2ccccc12. The molecule has 0 saturated heterocycles. The maximum absolute atomic E-state index is 12.9. The Bertz CT molecular complexity index is 1220. The first-order valence-electron chi connectivity index (χ1n) is 9.19. The van der Waals surface area contributed by atoms with Gasteiger partial charge in [-0.2, -0.15) is 0 Å². The largest absolute Gasteiger partial charge is 0.465 e. The number of carbonyl (C=O) groups is 2. The number of amides is 1. The van der Waals surface area contributed by atoms with Crippen molar-refractivity contribution in [1.29, 1.82) is 0 Å². The Balaban J connectivity index is 1.80. The van der Waals surface area contributed by atoms with E-state index in [9.17, 15) is 9.59 Å². The van der Waals surface area contributed by atoms with Gasteiger partial charge in [0.05, 0.1) is 23.7 Å². The molecule has 0 aliphatic carbocycles. The molecule has 0 bridgehead atoms. The zero-order valence-corrected chi connectivity index (χ0v) is 15.2. The third kappa shape index (κ3) is 2.32. The summed E-state index contributed by atoms with van der Waals surface area (Å²) >= 11 is 0. The van der Waals surface area contributed by atoms with Gasteiger partial charge in [0.25, 0.3) is 0 Å². The smallest absolute Gasteiger partial charge is 0.321 e. The average molecular weight is 374 g/mol. The molecule has 2 unspecified atom stereocenters. The first-order chi connectivity index (χ1) is 13.7. The maximum atomic E-state index is 12.9. The highest BCUT2D eigenvalue weighted by Crippen LogP contribution is 2.40. The van der Waals surface area contributed by atoms with Gasteiger partial charge in [-0.25, -0.2) is 4.98 Å². The van der Waals surface area contributed by atoms with Crippen LogP contribution in [0.5, 0.6) is 0 Å². The molecule has 140 valence electrons. The number of benzene rings is 2. The quantitative estimate of drug-likeness (QED) is 0.426. The van der Waals surface area contributed by atoms with Gasteiger partial charge in [0, 0.05) is 22.7 Å². The number of H-pyrrole nitrogens is 1. The number of anilines is 1. The Labute approximate surface area is 160 Å². The van der Waals surface area contributed by atoms with Crippen LogP contribution in [0.25, 0.3) is 21.9 Å². The summed E-state index contributed by atoms with van der Waals surface area (Å²) in [5.74, 6) is -1.53. The predicted molar refractivity (Wildman–Crippen MR) is 105 cm³/mol. The van der Waals surface area contributed by atoms with Crippen LogP contribution in [0.15, 0.2) is 54.7 Å². The van der Waals surface area contributed by atoms with E-state index in [1.807, 2.05) is 59.3 Å². The van der Waals surface area contributed by atoms with Crippen LogP contribution in [-0.2, 0) is 14.3 Å². The highest BCUT2D eigenvalue weighted by atomic mass is 16.5. The van der Waals surface area contributed by atoms with Crippen LogP contribution < -0.4 is 5.32 Å². The van der Waals surface area contributed by atoms with Gasteiger partial charge in [0.15, 0.2) is 5.92 Å². The molecule has 2 atom stereocenters. The number of nitrogens with one attached hydrogen (secondary N) is 2. The fourth-order valence-electron chi connectivity index (χ4n) is 4.02. The number of hydrogen-bond acceptors (Lipinski definition) is 4. The van der Waals surface area contributed by atoms with Crippen molar-refractivity contribution in [3.8, 4) is 0 Å². The summed E-state index contributed by atoms with van der Waals surface area (Å²) in [6, 6.07) is 14.9. The van der Waals surface area contributed by atoms with Crippen molar-refractivity contribution in [2.45, 2.75) is 13.0 Å². The summed E-state index contributed by atoms with van der Waals surface area (Å²) in [7, 11) is 0. The van der Waals surface area contributed by atoms with Gasteiger partial charge in [-0.3, -0.25) is 14.9 Å². The number of esters is 1. The van der Waals surface area contributed by atoms with Crippen molar-refractivity contribution >= 4 is 39.8 Å². The molecule has 3 heterocycles. The van der Waals surface area contributed by atoms with Crippen LogP contribution in [-0.4, -0.2) is 33.0 Å². The van der Waals surface area contributed by atoms with E-state index in [1.165, 1.54) is 0 Å². The Kier molecular flexibility index (Phi) is 3.68. The van der Waals surface area contributed by atoms with Crippen LogP contribution in [0, 0.1) is 5.92 Å². The van der Waals surface area contributed by atoms with Crippen LogP contribution in [0.4, 0.5) is 5.95 Å². The number of aromatic amines is 1. The second kappa shape index (κ2) is 6.23. The summed E-state index contributed by atoms with van der Waals surface area (Å²) in [5.41, 5.74) is 3.40. The molecule has 2 N–H and O–H groups in total. The van der Waals surface area contributed by atoms with E-state index in [4.69, 9.17) is 4.74 Å². The van der Waals surface area contributed by atoms with Gasteiger partial charge in [-0.05, 0) is 25.1 Å². The highest BCUT2D eigenvalue weighted by molar-refractivity contribution is 6.08. The molecule has 2 aromatic carbocycles. The summed E-state index contributed by atoms with van der Waals surface area (Å²) < 4.78 is 7.18. The zero-order valence-electron chi connectivity index (χ0n) is 15.2. The normalized spacial score (nSPS) is 18.8. The molecular weight excluding hydrogens is 356 g/mol.